The van der Waals surface area contributed by atoms with Crippen molar-refractivity contribution in [2.75, 3.05) is 32.6 Å². The van der Waals surface area contributed by atoms with Crippen molar-refractivity contribution in [2.45, 2.75) is 38.9 Å². The standard InChI is InChI=1S/C23H32N2O4/c1-23(2,3)29-22(27)24-14-13-16-9-12-19(28-6)15-20(16)21(26)17-7-10-18(11-8-17)25(4)5/h7-12,15,21,26H,13-14H2,1-6H3,(H,24,27). The predicted molar refractivity (Wildman–Crippen MR) is 116 cm³/mol. The molecule has 0 aromatic heterocycles. The second-order valence-electron chi connectivity index (χ2n) is 8.13. The molecule has 6 nitrogen and oxygen atoms in total. The van der Waals surface area contributed by atoms with Crippen molar-refractivity contribution < 1.29 is 19.4 Å². The summed E-state index contributed by atoms with van der Waals surface area (Å²) in [4.78, 5) is 13.9. The van der Waals surface area contributed by atoms with Gasteiger partial charge in [0.25, 0.3) is 0 Å². The van der Waals surface area contributed by atoms with Gasteiger partial charge in [-0.2, -0.15) is 0 Å². The third-order valence-corrected chi connectivity index (χ3v) is 4.44. The Labute approximate surface area is 173 Å². The highest BCUT2D eigenvalue weighted by molar-refractivity contribution is 5.67. The van der Waals surface area contributed by atoms with Crippen molar-refractivity contribution in [1.82, 2.24) is 5.32 Å². The third kappa shape index (κ3) is 6.68. The van der Waals surface area contributed by atoms with Crippen LogP contribution in [0.1, 0.15) is 43.6 Å². The number of hydrogen-bond acceptors (Lipinski definition) is 5. The number of rotatable bonds is 7. The zero-order valence-corrected chi connectivity index (χ0v) is 18.2. The van der Waals surface area contributed by atoms with Gasteiger partial charge in [-0.05, 0) is 68.1 Å². The van der Waals surface area contributed by atoms with Gasteiger partial charge in [0.15, 0.2) is 0 Å². The Hall–Kier alpha value is -2.73. The topological polar surface area (TPSA) is 71.0 Å². The van der Waals surface area contributed by atoms with Crippen LogP contribution in [0.2, 0.25) is 0 Å². The fraction of sp³-hybridized carbons (Fsp3) is 0.435. The average Bonchev–Trinajstić information content (AvgIpc) is 2.66. The molecular formula is C23H32N2O4. The van der Waals surface area contributed by atoms with E-state index in [0.29, 0.717) is 18.7 Å². The lowest BCUT2D eigenvalue weighted by Crippen LogP contribution is -2.33. The van der Waals surface area contributed by atoms with Crippen molar-refractivity contribution >= 4 is 11.8 Å². The van der Waals surface area contributed by atoms with Gasteiger partial charge in [0.1, 0.15) is 17.5 Å². The Bertz CT molecular complexity index is 811. The number of amides is 1. The molecule has 29 heavy (non-hydrogen) atoms. The lowest BCUT2D eigenvalue weighted by atomic mass is 9.94. The van der Waals surface area contributed by atoms with Gasteiger partial charge in [-0.15, -0.1) is 0 Å². The first kappa shape index (κ1) is 22.6. The average molecular weight is 401 g/mol. The summed E-state index contributed by atoms with van der Waals surface area (Å²) in [5.41, 5.74) is 3.02. The molecule has 0 fully saturated rings. The molecule has 158 valence electrons. The van der Waals surface area contributed by atoms with Crippen molar-refractivity contribution in [1.29, 1.82) is 0 Å². The van der Waals surface area contributed by atoms with Crippen molar-refractivity contribution in [3.8, 4) is 5.75 Å². The number of aliphatic hydroxyl groups is 1. The van der Waals surface area contributed by atoms with Crippen LogP contribution in [0.3, 0.4) is 0 Å². The Balaban J connectivity index is 2.16. The van der Waals surface area contributed by atoms with Crippen LogP contribution in [-0.4, -0.2) is 44.6 Å². The minimum absolute atomic E-state index is 0.403. The van der Waals surface area contributed by atoms with Crippen LogP contribution in [0.15, 0.2) is 42.5 Å². The van der Waals surface area contributed by atoms with Gasteiger partial charge < -0.3 is 24.8 Å². The Morgan fingerprint density at radius 3 is 2.34 bits per heavy atom. The van der Waals surface area contributed by atoms with Gasteiger partial charge in [-0.1, -0.05) is 18.2 Å². The highest BCUT2D eigenvalue weighted by Crippen LogP contribution is 2.30. The number of methoxy groups -OCH3 is 1. The number of nitrogens with zero attached hydrogens (tertiary/aromatic N) is 1. The fourth-order valence-electron chi connectivity index (χ4n) is 2.93. The van der Waals surface area contributed by atoms with E-state index in [9.17, 15) is 9.90 Å². The molecule has 0 saturated heterocycles. The number of ether oxygens (including phenoxy) is 2. The SMILES string of the molecule is COc1ccc(CCNC(=O)OC(C)(C)C)c(C(O)c2ccc(N(C)C)cc2)c1. The molecule has 0 heterocycles. The number of alkyl carbamates (subject to hydrolysis) is 1. The van der Waals surface area contributed by atoms with E-state index in [2.05, 4.69) is 5.32 Å². The van der Waals surface area contributed by atoms with Crippen LogP contribution >= 0.6 is 0 Å². The molecule has 1 amide bonds. The lowest BCUT2D eigenvalue weighted by molar-refractivity contribution is 0.0528. The van der Waals surface area contributed by atoms with Crippen molar-refractivity contribution in [2.24, 2.45) is 0 Å². The van der Waals surface area contributed by atoms with E-state index in [-0.39, 0.29) is 0 Å². The molecule has 0 aliphatic rings. The molecule has 1 atom stereocenters. The first-order chi connectivity index (χ1) is 13.6. The van der Waals surface area contributed by atoms with Gasteiger partial charge in [-0.25, -0.2) is 4.79 Å². The number of anilines is 1. The minimum Gasteiger partial charge on any atom is -0.497 e. The zero-order chi connectivity index (χ0) is 21.6. The smallest absolute Gasteiger partial charge is 0.407 e. The molecule has 0 radical (unpaired) electrons. The summed E-state index contributed by atoms with van der Waals surface area (Å²) in [6.45, 7) is 5.88. The van der Waals surface area contributed by atoms with Crippen LogP contribution in [0, 0.1) is 0 Å². The highest BCUT2D eigenvalue weighted by atomic mass is 16.6. The summed E-state index contributed by atoms with van der Waals surface area (Å²) in [7, 11) is 5.55. The molecule has 2 aromatic rings. The van der Waals surface area contributed by atoms with Crippen LogP contribution in [-0.2, 0) is 11.2 Å². The second-order valence-corrected chi connectivity index (χ2v) is 8.13. The summed E-state index contributed by atoms with van der Waals surface area (Å²) in [6.07, 6.45) is -0.684. The largest absolute Gasteiger partial charge is 0.497 e. The van der Waals surface area contributed by atoms with E-state index in [1.54, 1.807) is 7.11 Å². The third-order valence-electron chi connectivity index (χ3n) is 4.44. The van der Waals surface area contributed by atoms with E-state index in [1.807, 2.05) is 82.2 Å². The zero-order valence-electron chi connectivity index (χ0n) is 18.2. The lowest BCUT2D eigenvalue weighted by Gasteiger charge is -2.21. The summed E-state index contributed by atoms with van der Waals surface area (Å²) >= 11 is 0. The molecule has 0 aliphatic heterocycles. The molecule has 0 bridgehead atoms. The van der Waals surface area contributed by atoms with Crippen molar-refractivity contribution in [3.63, 3.8) is 0 Å². The van der Waals surface area contributed by atoms with Crippen molar-refractivity contribution in [3.05, 3.63) is 59.2 Å². The number of aliphatic hydroxyl groups excluding tert-OH is 1. The number of carbonyl (C=O) groups excluding carboxylic acids is 1. The molecule has 1 unspecified atom stereocenters. The summed E-state index contributed by atoms with van der Waals surface area (Å²) in [5.74, 6) is 0.674. The Morgan fingerprint density at radius 1 is 1.14 bits per heavy atom. The fourth-order valence-corrected chi connectivity index (χ4v) is 2.93. The normalized spacial score (nSPS) is 12.2. The van der Waals surface area contributed by atoms with Gasteiger partial charge >= 0.3 is 6.09 Å². The Morgan fingerprint density at radius 2 is 1.79 bits per heavy atom. The monoisotopic (exact) mass is 400 g/mol. The van der Waals surface area contributed by atoms with E-state index < -0.39 is 17.8 Å². The van der Waals surface area contributed by atoms with Crippen LogP contribution in [0.4, 0.5) is 10.5 Å². The van der Waals surface area contributed by atoms with E-state index >= 15 is 0 Å². The van der Waals surface area contributed by atoms with Gasteiger partial charge in [0.05, 0.1) is 7.11 Å². The molecule has 2 rings (SSSR count). The van der Waals surface area contributed by atoms with Crippen LogP contribution in [0.25, 0.3) is 0 Å². The maximum atomic E-state index is 11.9. The molecule has 0 saturated carbocycles. The first-order valence-corrected chi connectivity index (χ1v) is 9.69. The molecule has 0 aliphatic carbocycles. The van der Waals surface area contributed by atoms with Crippen LogP contribution in [0.5, 0.6) is 5.75 Å². The maximum Gasteiger partial charge on any atom is 0.407 e. The number of carbonyl (C=O) groups is 1. The Kier molecular flexibility index (Phi) is 7.51. The molecule has 2 N–H and O–H groups in total. The predicted octanol–water partition coefficient (Wildman–Crippen LogP) is 3.91. The number of hydrogen-bond donors (Lipinski definition) is 2. The van der Waals surface area contributed by atoms with E-state index in [4.69, 9.17) is 9.47 Å². The van der Waals surface area contributed by atoms with E-state index in [0.717, 1.165) is 22.4 Å². The van der Waals surface area contributed by atoms with Gasteiger partial charge in [0, 0.05) is 26.3 Å². The van der Waals surface area contributed by atoms with E-state index in [1.165, 1.54) is 0 Å². The first-order valence-electron chi connectivity index (χ1n) is 9.69. The maximum absolute atomic E-state index is 11.9. The molecule has 0 spiro atoms. The second kappa shape index (κ2) is 9.65. The van der Waals surface area contributed by atoms with Crippen LogP contribution < -0.4 is 15.0 Å². The van der Waals surface area contributed by atoms with Gasteiger partial charge in [-0.3, -0.25) is 0 Å². The summed E-state index contributed by atoms with van der Waals surface area (Å²) in [6, 6.07) is 13.4. The quantitative estimate of drug-likeness (QED) is 0.737. The minimum atomic E-state index is -0.794. The van der Waals surface area contributed by atoms with Gasteiger partial charge in [0.2, 0.25) is 0 Å². The molecular weight excluding hydrogens is 368 g/mol. The summed E-state index contributed by atoms with van der Waals surface area (Å²) in [5, 5.41) is 13.8. The number of nitrogens with one attached hydrogen (secondary N) is 1. The molecule has 2 aromatic carbocycles. The number of benzene rings is 2. The molecule has 6 heteroatoms. The summed E-state index contributed by atoms with van der Waals surface area (Å²) < 4.78 is 10.6. The highest BCUT2D eigenvalue weighted by Gasteiger charge is 2.18.